The van der Waals surface area contributed by atoms with E-state index >= 15 is 0 Å². The van der Waals surface area contributed by atoms with E-state index < -0.39 is 11.9 Å². The Morgan fingerprint density at radius 2 is 2.26 bits per heavy atom. The Labute approximate surface area is 110 Å². The average Bonchev–Trinajstić information content (AvgIpc) is 2.94. The first-order chi connectivity index (χ1) is 9.08. The molecular weight excluding hydrogens is 246 g/mol. The second-order valence-electron chi connectivity index (χ2n) is 5.06. The van der Waals surface area contributed by atoms with E-state index in [-0.39, 0.29) is 18.4 Å². The highest BCUT2D eigenvalue weighted by atomic mass is 16.5. The van der Waals surface area contributed by atoms with Gasteiger partial charge >= 0.3 is 5.97 Å². The first-order valence-electron chi connectivity index (χ1n) is 6.32. The van der Waals surface area contributed by atoms with Crippen LogP contribution in [-0.2, 0) is 16.0 Å². The zero-order chi connectivity index (χ0) is 13.6. The lowest BCUT2D eigenvalue weighted by atomic mass is 9.92. The van der Waals surface area contributed by atoms with Gasteiger partial charge in [-0.2, -0.15) is 0 Å². The summed E-state index contributed by atoms with van der Waals surface area (Å²) < 4.78 is 5.44. The molecule has 0 aliphatic carbocycles. The molecule has 0 aromatic heterocycles. The highest BCUT2D eigenvalue weighted by molar-refractivity contribution is 5.87. The van der Waals surface area contributed by atoms with E-state index in [4.69, 9.17) is 4.74 Å². The van der Waals surface area contributed by atoms with Gasteiger partial charge in [0.05, 0.1) is 18.6 Å². The van der Waals surface area contributed by atoms with Crippen LogP contribution in [-0.4, -0.2) is 35.5 Å². The minimum absolute atomic E-state index is 0.0735. The number of ether oxygens (including phenoxy) is 1. The number of carbonyl (C=O) groups excluding carboxylic acids is 1. The molecule has 1 N–H and O–H groups in total. The van der Waals surface area contributed by atoms with Crippen LogP contribution < -0.4 is 4.74 Å². The molecular formula is C14H15NO4. The third-order valence-corrected chi connectivity index (χ3v) is 3.96. The van der Waals surface area contributed by atoms with Crippen molar-refractivity contribution in [2.24, 2.45) is 5.92 Å². The Balaban J connectivity index is 1.99. The molecule has 2 atom stereocenters. The number of nitrogens with zero attached hydrogens (tertiary/aromatic N) is 1. The molecule has 1 saturated heterocycles. The van der Waals surface area contributed by atoms with Gasteiger partial charge in [0.2, 0.25) is 5.91 Å². The summed E-state index contributed by atoms with van der Waals surface area (Å²) in [5.41, 5.74) is 1.97. The van der Waals surface area contributed by atoms with Crippen LogP contribution in [0.25, 0.3) is 0 Å². The molecule has 1 amide bonds. The summed E-state index contributed by atoms with van der Waals surface area (Å²) in [5.74, 6) is -0.839. The Morgan fingerprint density at radius 3 is 3.00 bits per heavy atom. The lowest BCUT2D eigenvalue weighted by molar-refractivity contribution is -0.142. The highest BCUT2D eigenvalue weighted by Gasteiger charge is 2.43. The van der Waals surface area contributed by atoms with E-state index in [1.807, 2.05) is 18.2 Å². The fraction of sp³-hybridized carbons (Fsp3) is 0.429. The number of hydrogen-bond acceptors (Lipinski definition) is 3. The van der Waals surface area contributed by atoms with E-state index in [9.17, 15) is 14.7 Å². The molecule has 2 aliphatic rings. The standard InChI is InChI=1S/C14H15NO4/c1-15-12(16)7-10(14(17)18)13(15)9-2-3-11-8(6-9)4-5-19-11/h2-3,6,10,13H,4-5,7H2,1H3,(H,17,18). The molecule has 0 spiro atoms. The van der Waals surface area contributed by atoms with Gasteiger partial charge in [-0.1, -0.05) is 6.07 Å². The Bertz CT molecular complexity index is 554. The van der Waals surface area contributed by atoms with Crippen molar-refractivity contribution in [2.45, 2.75) is 18.9 Å². The third-order valence-electron chi connectivity index (χ3n) is 3.96. The lowest BCUT2D eigenvalue weighted by Gasteiger charge is -2.23. The molecule has 0 bridgehead atoms. The molecule has 1 fully saturated rings. The summed E-state index contributed by atoms with van der Waals surface area (Å²) in [6.07, 6.45) is 0.912. The zero-order valence-corrected chi connectivity index (χ0v) is 10.6. The molecule has 2 unspecified atom stereocenters. The number of carboxylic acids is 1. The van der Waals surface area contributed by atoms with E-state index in [0.29, 0.717) is 6.61 Å². The van der Waals surface area contributed by atoms with Crippen molar-refractivity contribution in [1.82, 2.24) is 4.90 Å². The van der Waals surface area contributed by atoms with Gasteiger partial charge in [-0.25, -0.2) is 0 Å². The second-order valence-corrected chi connectivity index (χ2v) is 5.06. The van der Waals surface area contributed by atoms with Gasteiger partial charge in [-0.3, -0.25) is 9.59 Å². The first kappa shape index (κ1) is 12.0. The van der Waals surface area contributed by atoms with Crippen molar-refractivity contribution < 1.29 is 19.4 Å². The van der Waals surface area contributed by atoms with Gasteiger partial charge in [0.25, 0.3) is 0 Å². The minimum Gasteiger partial charge on any atom is -0.493 e. The summed E-state index contributed by atoms with van der Waals surface area (Å²) in [6, 6.07) is 5.32. The smallest absolute Gasteiger partial charge is 0.309 e. The molecule has 1 aromatic rings. The van der Waals surface area contributed by atoms with Crippen molar-refractivity contribution in [1.29, 1.82) is 0 Å². The maximum Gasteiger partial charge on any atom is 0.309 e. The molecule has 19 heavy (non-hydrogen) atoms. The molecule has 2 heterocycles. The Morgan fingerprint density at radius 1 is 1.47 bits per heavy atom. The van der Waals surface area contributed by atoms with Crippen molar-refractivity contribution in [3.63, 3.8) is 0 Å². The van der Waals surface area contributed by atoms with Crippen LogP contribution in [0.15, 0.2) is 18.2 Å². The van der Waals surface area contributed by atoms with Gasteiger partial charge in [-0.05, 0) is 23.3 Å². The van der Waals surface area contributed by atoms with Crippen molar-refractivity contribution >= 4 is 11.9 Å². The van der Waals surface area contributed by atoms with Crippen molar-refractivity contribution in [2.75, 3.05) is 13.7 Å². The molecule has 5 nitrogen and oxygen atoms in total. The molecule has 5 heteroatoms. The van der Waals surface area contributed by atoms with E-state index in [2.05, 4.69) is 0 Å². The van der Waals surface area contributed by atoms with Crippen molar-refractivity contribution in [3.8, 4) is 5.75 Å². The number of aliphatic carboxylic acids is 1. The predicted molar refractivity (Wildman–Crippen MR) is 66.9 cm³/mol. The molecule has 0 radical (unpaired) electrons. The van der Waals surface area contributed by atoms with Gasteiger partial charge in [-0.15, -0.1) is 0 Å². The van der Waals surface area contributed by atoms with Gasteiger partial charge in [0.1, 0.15) is 5.75 Å². The van der Waals surface area contributed by atoms with Crippen LogP contribution in [0.1, 0.15) is 23.6 Å². The third kappa shape index (κ3) is 1.85. The number of rotatable bonds is 2. The van der Waals surface area contributed by atoms with Gasteiger partial charge in [0, 0.05) is 19.9 Å². The number of benzene rings is 1. The fourth-order valence-electron chi connectivity index (χ4n) is 2.94. The van der Waals surface area contributed by atoms with Crippen LogP contribution >= 0.6 is 0 Å². The molecule has 3 rings (SSSR count). The number of likely N-dealkylation sites (tertiary alicyclic amines) is 1. The molecule has 1 aromatic carbocycles. The van der Waals surface area contributed by atoms with Gasteiger partial charge < -0.3 is 14.7 Å². The Hall–Kier alpha value is -2.04. The number of carboxylic acid groups (broad SMARTS) is 1. The SMILES string of the molecule is CN1C(=O)CC(C(=O)O)C1c1ccc2c(c1)CCO2. The number of fused-ring (bicyclic) bond motifs is 1. The number of amides is 1. The quantitative estimate of drug-likeness (QED) is 0.869. The summed E-state index contributed by atoms with van der Waals surface area (Å²) in [7, 11) is 1.67. The largest absolute Gasteiger partial charge is 0.493 e. The van der Waals surface area contributed by atoms with Crippen LogP contribution in [0.5, 0.6) is 5.75 Å². The van der Waals surface area contributed by atoms with E-state index in [1.54, 1.807) is 7.05 Å². The maximum absolute atomic E-state index is 11.7. The van der Waals surface area contributed by atoms with E-state index in [0.717, 1.165) is 23.3 Å². The fourth-order valence-corrected chi connectivity index (χ4v) is 2.94. The second kappa shape index (κ2) is 4.26. The minimum atomic E-state index is -0.917. The van der Waals surface area contributed by atoms with Crippen LogP contribution in [0.3, 0.4) is 0 Å². The predicted octanol–water partition coefficient (Wildman–Crippen LogP) is 1.23. The first-order valence-corrected chi connectivity index (χ1v) is 6.32. The molecule has 0 saturated carbocycles. The topological polar surface area (TPSA) is 66.8 Å². The van der Waals surface area contributed by atoms with Crippen LogP contribution in [0.2, 0.25) is 0 Å². The average molecular weight is 261 g/mol. The number of hydrogen-bond donors (Lipinski definition) is 1. The van der Waals surface area contributed by atoms with Crippen LogP contribution in [0, 0.1) is 5.92 Å². The van der Waals surface area contributed by atoms with E-state index in [1.165, 1.54) is 4.90 Å². The molecule has 100 valence electrons. The van der Waals surface area contributed by atoms with Crippen LogP contribution in [0.4, 0.5) is 0 Å². The highest BCUT2D eigenvalue weighted by Crippen LogP contribution is 2.39. The monoisotopic (exact) mass is 261 g/mol. The summed E-state index contributed by atoms with van der Waals surface area (Å²) in [4.78, 5) is 24.6. The summed E-state index contributed by atoms with van der Waals surface area (Å²) >= 11 is 0. The van der Waals surface area contributed by atoms with Crippen molar-refractivity contribution in [3.05, 3.63) is 29.3 Å². The lowest BCUT2D eigenvalue weighted by Crippen LogP contribution is -2.26. The molecule has 2 aliphatic heterocycles. The van der Waals surface area contributed by atoms with Gasteiger partial charge in [0.15, 0.2) is 0 Å². The zero-order valence-electron chi connectivity index (χ0n) is 10.6. The normalized spacial score (nSPS) is 25.3. The maximum atomic E-state index is 11.7. The number of carbonyl (C=O) groups is 2. The summed E-state index contributed by atoms with van der Waals surface area (Å²) in [6.45, 7) is 0.667. The Kier molecular flexibility index (Phi) is 2.69. The summed E-state index contributed by atoms with van der Waals surface area (Å²) in [5, 5.41) is 9.27.